The zero-order chi connectivity index (χ0) is 14.7. The summed E-state index contributed by atoms with van der Waals surface area (Å²) in [6, 6.07) is 12.6. The van der Waals surface area contributed by atoms with Crippen LogP contribution in [0.1, 0.15) is 30.0 Å². The van der Waals surface area contributed by atoms with Gasteiger partial charge in [-0.15, -0.1) is 11.3 Å². The summed E-state index contributed by atoms with van der Waals surface area (Å²) in [6.07, 6.45) is 0. The molecule has 1 N–H and O–H groups in total. The van der Waals surface area contributed by atoms with E-state index < -0.39 is 0 Å². The normalized spacial score (nSPS) is 12.9. The van der Waals surface area contributed by atoms with Crippen LogP contribution >= 0.6 is 11.3 Å². The molecule has 0 saturated heterocycles. The predicted octanol–water partition coefficient (Wildman–Crippen LogP) is 4.34. The number of benzene rings is 1. The molecule has 0 radical (unpaired) electrons. The third kappa shape index (κ3) is 2.88. The summed E-state index contributed by atoms with van der Waals surface area (Å²) in [6.45, 7) is 3.50. The molecule has 0 aliphatic heterocycles. The Bertz CT molecular complexity index is 716. The third-order valence-electron chi connectivity index (χ3n) is 3.48. The van der Waals surface area contributed by atoms with Crippen molar-refractivity contribution in [3.8, 4) is 0 Å². The lowest BCUT2D eigenvalue weighted by Crippen LogP contribution is -2.21. The highest BCUT2D eigenvalue weighted by Gasteiger charge is 2.20. The van der Waals surface area contributed by atoms with E-state index in [2.05, 4.69) is 41.9 Å². The number of thiophene rings is 1. The molecule has 1 atom stereocenters. The molecule has 2 heterocycles. The van der Waals surface area contributed by atoms with Crippen molar-refractivity contribution in [2.45, 2.75) is 19.6 Å². The lowest BCUT2D eigenvalue weighted by molar-refractivity contribution is 0.162. The van der Waals surface area contributed by atoms with Crippen molar-refractivity contribution >= 4 is 21.4 Å². The summed E-state index contributed by atoms with van der Waals surface area (Å²) in [5, 5.41) is 7.03. The second kappa shape index (κ2) is 6.43. The van der Waals surface area contributed by atoms with Crippen molar-refractivity contribution in [2.24, 2.45) is 0 Å². The fourth-order valence-corrected chi connectivity index (χ4v) is 3.55. The minimum absolute atomic E-state index is 0.0803. The summed E-state index contributed by atoms with van der Waals surface area (Å²) in [4.78, 5) is 0. The van der Waals surface area contributed by atoms with Gasteiger partial charge in [-0.1, -0.05) is 25.1 Å². The van der Waals surface area contributed by atoms with Crippen LogP contribution in [0.5, 0.6) is 0 Å². The predicted molar refractivity (Wildman–Crippen MR) is 86.8 cm³/mol. The minimum atomic E-state index is 0.0803. The van der Waals surface area contributed by atoms with Gasteiger partial charge in [0.15, 0.2) is 0 Å². The molecule has 2 aromatic heterocycles. The van der Waals surface area contributed by atoms with Gasteiger partial charge in [0.25, 0.3) is 0 Å². The summed E-state index contributed by atoms with van der Waals surface area (Å²) in [7, 11) is 1.68. The average molecular weight is 301 g/mol. The van der Waals surface area contributed by atoms with E-state index in [4.69, 9.17) is 9.15 Å². The Balaban J connectivity index is 2.00. The Labute approximate surface area is 128 Å². The monoisotopic (exact) mass is 301 g/mol. The second-order valence-electron chi connectivity index (χ2n) is 4.91. The molecule has 4 heteroatoms. The van der Waals surface area contributed by atoms with Crippen LogP contribution in [0.2, 0.25) is 0 Å². The second-order valence-corrected chi connectivity index (χ2v) is 5.83. The zero-order valence-electron chi connectivity index (χ0n) is 12.3. The molecule has 0 spiro atoms. The molecule has 1 unspecified atom stereocenters. The van der Waals surface area contributed by atoms with Crippen LogP contribution in [0.3, 0.4) is 0 Å². The standard InChI is InChI=1S/C17H19NO2S/c1-3-18-17(15-9-8-12(20-15)10-19-2)14-11-21-16-7-5-4-6-13(14)16/h4-9,11,17-18H,3,10H2,1-2H3. The molecule has 3 rings (SSSR count). The summed E-state index contributed by atoms with van der Waals surface area (Å²) >= 11 is 1.77. The van der Waals surface area contributed by atoms with Gasteiger partial charge in [-0.3, -0.25) is 0 Å². The van der Waals surface area contributed by atoms with E-state index in [0.717, 1.165) is 18.1 Å². The maximum atomic E-state index is 5.93. The quantitative estimate of drug-likeness (QED) is 0.735. The van der Waals surface area contributed by atoms with Gasteiger partial charge < -0.3 is 14.5 Å². The Morgan fingerprint density at radius 1 is 1.24 bits per heavy atom. The molecule has 110 valence electrons. The first-order valence-corrected chi connectivity index (χ1v) is 7.98. The van der Waals surface area contributed by atoms with Crippen LogP contribution in [0.4, 0.5) is 0 Å². The molecule has 0 bridgehead atoms. The van der Waals surface area contributed by atoms with Crippen LogP contribution in [0, 0.1) is 0 Å². The number of hydrogen-bond donors (Lipinski definition) is 1. The molecular weight excluding hydrogens is 282 g/mol. The van der Waals surface area contributed by atoms with Gasteiger partial charge in [0.2, 0.25) is 0 Å². The van der Waals surface area contributed by atoms with E-state index >= 15 is 0 Å². The van der Waals surface area contributed by atoms with Crippen LogP contribution in [0.15, 0.2) is 46.2 Å². The highest BCUT2D eigenvalue weighted by molar-refractivity contribution is 7.17. The largest absolute Gasteiger partial charge is 0.462 e. The van der Waals surface area contributed by atoms with Crippen molar-refractivity contribution in [3.63, 3.8) is 0 Å². The third-order valence-corrected chi connectivity index (χ3v) is 4.47. The van der Waals surface area contributed by atoms with E-state index in [9.17, 15) is 0 Å². The van der Waals surface area contributed by atoms with Crippen LogP contribution in [-0.2, 0) is 11.3 Å². The van der Waals surface area contributed by atoms with Gasteiger partial charge in [0, 0.05) is 11.8 Å². The molecule has 0 saturated carbocycles. The van der Waals surface area contributed by atoms with Crippen LogP contribution in [-0.4, -0.2) is 13.7 Å². The first-order valence-electron chi connectivity index (χ1n) is 7.10. The zero-order valence-corrected chi connectivity index (χ0v) is 13.1. The van der Waals surface area contributed by atoms with E-state index in [1.54, 1.807) is 18.4 Å². The molecule has 0 aliphatic carbocycles. The van der Waals surface area contributed by atoms with E-state index in [0.29, 0.717) is 6.61 Å². The van der Waals surface area contributed by atoms with Crippen molar-refractivity contribution in [2.75, 3.05) is 13.7 Å². The van der Waals surface area contributed by atoms with E-state index in [-0.39, 0.29) is 6.04 Å². The van der Waals surface area contributed by atoms with Gasteiger partial charge >= 0.3 is 0 Å². The number of nitrogens with one attached hydrogen (secondary N) is 1. The van der Waals surface area contributed by atoms with Gasteiger partial charge in [0.1, 0.15) is 18.1 Å². The van der Waals surface area contributed by atoms with E-state index in [1.807, 2.05) is 12.1 Å². The Morgan fingerprint density at radius 3 is 2.90 bits per heavy atom. The molecule has 0 amide bonds. The van der Waals surface area contributed by atoms with E-state index in [1.165, 1.54) is 15.6 Å². The molecular formula is C17H19NO2S. The number of ether oxygens (including phenoxy) is 1. The molecule has 0 aliphatic rings. The Morgan fingerprint density at radius 2 is 2.10 bits per heavy atom. The SMILES string of the molecule is CCNC(c1ccc(COC)o1)c1csc2ccccc12. The maximum absolute atomic E-state index is 5.93. The van der Waals surface area contributed by atoms with Gasteiger partial charge in [-0.2, -0.15) is 0 Å². The Hall–Kier alpha value is -1.62. The highest BCUT2D eigenvalue weighted by atomic mass is 32.1. The number of furan rings is 1. The fourth-order valence-electron chi connectivity index (χ4n) is 2.56. The summed E-state index contributed by atoms with van der Waals surface area (Å²) in [5.41, 5.74) is 1.27. The topological polar surface area (TPSA) is 34.4 Å². The number of methoxy groups -OCH3 is 1. The molecule has 3 nitrogen and oxygen atoms in total. The number of rotatable bonds is 6. The lowest BCUT2D eigenvalue weighted by atomic mass is 10.0. The van der Waals surface area contributed by atoms with Crippen molar-refractivity contribution in [1.82, 2.24) is 5.32 Å². The maximum Gasteiger partial charge on any atom is 0.129 e. The fraction of sp³-hybridized carbons (Fsp3) is 0.294. The van der Waals surface area contributed by atoms with Crippen molar-refractivity contribution in [1.29, 1.82) is 0 Å². The lowest BCUT2D eigenvalue weighted by Gasteiger charge is -2.15. The number of hydrogen-bond acceptors (Lipinski definition) is 4. The summed E-state index contributed by atoms with van der Waals surface area (Å²) in [5.74, 6) is 1.79. The molecule has 3 aromatic rings. The van der Waals surface area contributed by atoms with Gasteiger partial charge in [0.05, 0.1) is 6.04 Å². The average Bonchev–Trinajstić information content (AvgIpc) is 3.12. The number of fused-ring (bicyclic) bond motifs is 1. The highest BCUT2D eigenvalue weighted by Crippen LogP contribution is 2.34. The first-order chi connectivity index (χ1) is 10.3. The molecule has 0 fully saturated rings. The first kappa shape index (κ1) is 14.3. The van der Waals surface area contributed by atoms with Gasteiger partial charge in [-0.05, 0) is 41.1 Å². The minimum Gasteiger partial charge on any atom is -0.462 e. The van der Waals surface area contributed by atoms with Crippen molar-refractivity contribution < 1.29 is 9.15 Å². The van der Waals surface area contributed by atoms with Gasteiger partial charge in [-0.25, -0.2) is 0 Å². The smallest absolute Gasteiger partial charge is 0.129 e. The van der Waals surface area contributed by atoms with Crippen molar-refractivity contribution in [3.05, 3.63) is 58.9 Å². The van der Waals surface area contributed by atoms with Crippen LogP contribution < -0.4 is 5.32 Å². The van der Waals surface area contributed by atoms with Crippen LogP contribution in [0.25, 0.3) is 10.1 Å². The Kier molecular flexibility index (Phi) is 4.39. The summed E-state index contributed by atoms with van der Waals surface area (Å²) < 4.78 is 12.4. The molecule has 1 aromatic carbocycles. The molecule has 21 heavy (non-hydrogen) atoms.